The number of aryl methyl sites for hydroxylation is 1. The lowest BCUT2D eigenvalue weighted by Crippen LogP contribution is -2.45. The van der Waals surface area contributed by atoms with E-state index in [4.69, 9.17) is 4.98 Å². The molecule has 0 amide bonds. The van der Waals surface area contributed by atoms with Crippen LogP contribution in [0.2, 0.25) is 0 Å². The molecule has 1 aliphatic heterocycles. The maximum absolute atomic E-state index is 12.3. The average Bonchev–Trinajstić information content (AvgIpc) is 3.02. The molecule has 2 aromatic rings. The van der Waals surface area contributed by atoms with Crippen LogP contribution in [0.3, 0.4) is 0 Å². The van der Waals surface area contributed by atoms with Gasteiger partial charge >= 0.3 is 0 Å². The summed E-state index contributed by atoms with van der Waals surface area (Å²) in [5, 5.41) is 7.50. The monoisotopic (exact) mass is 422 g/mol. The van der Waals surface area contributed by atoms with E-state index in [0.29, 0.717) is 24.2 Å². The predicted octanol–water partition coefficient (Wildman–Crippen LogP) is 0.247. The van der Waals surface area contributed by atoms with Crippen molar-refractivity contribution in [2.45, 2.75) is 19.3 Å². The third kappa shape index (κ3) is 4.78. The van der Waals surface area contributed by atoms with E-state index in [2.05, 4.69) is 37.0 Å². The summed E-state index contributed by atoms with van der Waals surface area (Å²) in [5.41, 5.74) is 1.53. The van der Waals surface area contributed by atoms with E-state index >= 15 is 0 Å². The quantitative estimate of drug-likeness (QED) is 0.623. The van der Waals surface area contributed by atoms with Crippen LogP contribution in [0, 0.1) is 5.92 Å². The molecule has 2 fully saturated rings. The Morgan fingerprint density at radius 3 is 2.59 bits per heavy atom. The fraction of sp³-hybridized carbons (Fsp3) is 0.722. The molecule has 1 aliphatic carbocycles. The Hall–Kier alpha value is -1.98. The van der Waals surface area contributed by atoms with Crippen LogP contribution in [0.5, 0.6) is 0 Å². The first-order valence-electron chi connectivity index (χ1n) is 10.3. The molecule has 0 bridgehead atoms. The molecule has 1 saturated carbocycles. The maximum atomic E-state index is 12.3. The number of aromatic nitrogens is 4. The van der Waals surface area contributed by atoms with E-state index in [1.807, 2.05) is 7.05 Å². The van der Waals surface area contributed by atoms with Crippen LogP contribution in [0.25, 0.3) is 11.0 Å². The van der Waals surface area contributed by atoms with Gasteiger partial charge in [-0.25, -0.2) is 18.1 Å². The van der Waals surface area contributed by atoms with E-state index in [0.717, 1.165) is 50.1 Å². The first-order valence-corrected chi connectivity index (χ1v) is 11.9. The number of piperazine rings is 1. The van der Waals surface area contributed by atoms with Gasteiger partial charge in [-0.3, -0.25) is 4.68 Å². The van der Waals surface area contributed by atoms with Gasteiger partial charge in [-0.2, -0.15) is 10.1 Å². The van der Waals surface area contributed by atoms with Gasteiger partial charge in [0.2, 0.25) is 16.0 Å². The standard InChI is InChI=1S/C18H30N8O2S/c1-24-7-9-26(10-8-24)18-22-15-13-20-25(2)16(15)17(23-18)19-6-11-29(27,28)21-12-14-4-3-5-14/h13-14,21H,3-12H2,1-2H3,(H,19,22,23). The second-order valence-electron chi connectivity index (χ2n) is 8.06. The van der Waals surface area contributed by atoms with E-state index < -0.39 is 10.0 Å². The smallest absolute Gasteiger partial charge is 0.228 e. The number of sulfonamides is 1. The SMILES string of the molecule is CN1CCN(c2nc(NCCS(=O)(=O)NCC3CCC3)c3c(cnn3C)n2)CC1. The number of rotatable bonds is 8. The third-order valence-corrected chi connectivity index (χ3v) is 7.19. The molecule has 2 aromatic heterocycles. The van der Waals surface area contributed by atoms with Crippen molar-refractivity contribution in [3.63, 3.8) is 0 Å². The summed E-state index contributed by atoms with van der Waals surface area (Å²) >= 11 is 0. The molecule has 3 heterocycles. The molecule has 4 rings (SSSR count). The Morgan fingerprint density at radius 1 is 1.14 bits per heavy atom. The zero-order valence-electron chi connectivity index (χ0n) is 17.1. The molecule has 2 aliphatic rings. The highest BCUT2D eigenvalue weighted by atomic mass is 32.2. The van der Waals surface area contributed by atoms with Crippen LogP contribution in [-0.2, 0) is 17.1 Å². The summed E-state index contributed by atoms with van der Waals surface area (Å²) in [6.45, 7) is 4.47. The lowest BCUT2D eigenvalue weighted by atomic mass is 9.86. The number of likely N-dealkylation sites (N-methyl/N-ethyl adjacent to an activating group) is 1. The molecule has 0 radical (unpaired) electrons. The minimum absolute atomic E-state index is 0.00686. The molecule has 0 unspecified atom stereocenters. The Morgan fingerprint density at radius 2 is 1.90 bits per heavy atom. The van der Waals surface area contributed by atoms with Crippen LogP contribution < -0.4 is 14.9 Å². The number of hydrogen-bond donors (Lipinski definition) is 2. The van der Waals surface area contributed by atoms with Crippen molar-refractivity contribution in [1.29, 1.82) is 0 Å². The lowest BCUT2D eigenvalue weighted by molar-refractivity contribution is 0.311. The van der Waals surface area contributed by atoms with Crippen molar-refractivity contribution < 1.29 is 8.42 Å². The molecular formula is C18H30N8O2S. The van der Waals surface area contributed by atoms with E-state index in [-0.39, 0.29) is 12.3 Å². The highest BCUT2D eigenvalue weighted by Gasteiger charge is 2.22. The molecule has 0 aromatic carbocycles. The Labute approximate surface area is 171 Å². The lowest BCUT2D eigenvalue weighted by Gasteiger charge is -2.32. The second kappa shape index (κ2) is 8.41. The second-order valence-corrected chi connectivity index (χ2v) is 9.98. The molecule has 160 valence electrons. The van der Waals surface area contributed by atoms with Crippen molar-refractivity contribution in [2.75, 3.05) is 62.3 Å². The highest BCUT2D eigenvalue weighted by Crippen LogP contribution is 2.25. The van der Waals surface area contributed by atoms with Crippen molar-refractivity contribution in [1.82, 2.24) is 29.4 Å². The zero-order chi connectivity index (χ0) is 20.4. The van der Waals surface area contributed by atoms with E-state index in [9.17, 15) is 8.42 Å². The zero-order valence-corrected chi connectivity index (χ0v) is 18.0. The fourth-order valence-electron chi connectivity index (χ4n) is 3.66. The van der Waals surface area contributed by atoms with Crippen molar-refractivity contribution in [3.05, 3.63) is 6.20 Å². The number of nitrogens with one attached hydrogen (secondary N) is 2. The minimum Gasteiger partial charge on any atom is -0.367 e. The molecule has 2 N–H and O–H groups in total. The largest absolute Gasteiger partial charge is 0.367 e. The number of nitrogens with zero attached hydrogens (tertiary/aromatic N) is 6. The van der Waals surface area contributed by atoms with Crippen molar-refractivity contribution in [2.24, 2.45) is 13.0 Å². The predicted molar refractivity (Wildman–Crippen MR) is 114 cm³/mol. The van der Waals surface area contributed by atoms with Gasteiger partial charge < -0.3 is 15.1 Å². The highest BCUT2D eigenvalue weighted by molar-refractivity contribution is 7.89. The Balaban J connectivity index is 1.44. The number of fused-ring (bicyclic) bond motifs is 1. The van der Waals surface area contributed by atoms with Crippen molar-refractivity contribution >= 4 is 32.8 Å². The Bertz CT molecular complexity index is 948. The van der Waals surface area contributed by atoms with Gasteiger partial charge in [0.1, 0.15) is 11.0 Å². The van der Waals surface area contributed by atoms with Gasteiger partial charge in [0.25, 0.3) is 0 Å². The summed E-state index contributed by atoms with van der Waals surface area (Å²) < 4.78 is 29.0. The van der Waals surface area contributed by atoms with Crippen LogP contribution in [-0.4, -0.2) is 85.1 Å². The normalized spacial score (nSPS) is 18.9. The van der Waals surface area contributed by atoms with Crippen molar-refractivity contribution in [3.8, 4) is 0 Å². The van der Waals surface area contributed by atoms with Gasteiger partial charge in [-0.05, 0) is 25.8 Å². The molecular weight excluding hydrogens is 392 g/mol. The summed E-state index contributed by atoms with van der Waals surface area (Å²) in [5.74, 6) is 1.79. The third-order valence-electron chi connectivity index (χ3n) is 5.84. The van der Waals surface area contributed by atoms with Crippen LogP contribution in [0.4, 0.5) is 11.8 Å². The molecule has 29 heavy (non-hydrogen) atoms. The molecule has 0 atom stereocenters. The summed E-state index contributed by atoms with van der Waals surface area (Å²) in [4.78, 5) is 13.8. The summed E-state index contributed by atoms with van der Waals surface area (Å²) in [7, 11) is 0.639. The molecule has 0 spiro atoms. The first-order chi connectivity index (χ1) is 13.9. The Kier molecular flexibility index (Phi) is 5.88. The number of hydrogen-bond acceptors (Lipinski definition) is 8. The van der Waals surface area contributed by atoms with Gasteiger partial charge in [-0.1, -0.05) is 6.42 Å². The topological polar surface area (TPSA) is 108 Å². The van der Waals surface area contributed by atoms with Gasteiger partial charge in [0, 0.05) is 46.3 Å². The van der Waals surface area contributed by atoms with E-state index in [1.54, 1.807) is 10.9 Å². The molecule has 11 heteroatoms. The molecule has 1 saturated heterocycles. The van der Waals surface area contributed by atoms with E-state index in [1.165, 1.54) is 6.42 Å². The van der Waals surface area contributed by atoms with Crippen LogP contribution >= 0.6 is 0 Å². The van der Waals surface area contributed by atoms with Gasteiger partial charge in [-0.15, -0.1) is 0 Å². The van der Waals surface area contributed by atoms with Crippen LogP contribution in [0.15, 0.2) is 6.20 Å². The van der Waals surface area contributed by atoms with Gasteiger partial charge in [0.05, 0.1) is 11.9 Å². The minimum atomic E-state index is -3.30. The molecule has 10 nitrogen and oxygen atoms in total. The average molecular weight is 423 g/mol. The number of anilines is 2. The van der Waals surface area contributed by atoms with Crippen LogP contribution in [0.1, 0.15) is 19.3 Å². The fourth-order valence-corrected chi connectivity index (χ4v) is 4.66. The van der Waals surface area contributed by atoms with Gasteiger partial charge in [0.15, 0.2) is 5.82 Å². The first kappa shape index (κ1) is 20.3. The summed E-state index contributed by atoms with van der Waals surface area (Å²) in [6.07, 6.45) is 5.17. The maximum Gasteiger partial charge on any atom is 0.228 e. The summed E-state index contributed by atoms with van der Waals surface area (Å²) in [6, 6.07) is 0.